The minimum atomic E-state index is -1.15. The van der Waals surface area contributed by atoms with Crippen LogP contribution in [0.25, 0.3) is 0 Å². The minimum Gasteiger partial charge on any atom is -0.397 e. The number of rotatable bonds is 3. The maximum atomic E-state index is 13.6. The molecule has 1 amide bonds. The first-order valence-corrected chi connectivity index (χ1v) is 5.50. The molecule has 2 aromatic carbocycles. The van der Waals surface area contributed by atoms with E-state index in [0.29, 0.717) is 12.1 Å². The highest BCUT2D eigenvalue weighted by Gasteiger charge is 2.16. The van der Waals surface area contributed by atoms with Gasteiger partial charge in [0.05, 0.1) is 16.9 Å². The predicted molar refractivity (Wildman–Crippen MR) is 69.0 cm³/mol. The fourth-order valence-electron chi connectivity index (χ4n) is 1.70. The van der Waals surface area contributed by atoms with Crippen LogP contribution in [0, 0.1) is 17.5 Å². The van der Waals surface area contributed by atoms with Crippen molar-refractivity contribution in [1.29, 1.82) is 0 Å². The first kappa shape index (κ1) is 13.7. The molecule has 0 unspecified atom stereocenters. The second kappa shape index (κ2) is 5.12. The molecule has 0 aromatic heterocycles. The minimum absolute atomic E-state index is 0.0341. The van der Waals surface area contributed by atoms with E-state index in [1.54, 1.807) is 0 Å². The van der Waals surface area contributed by atoms with Crippen molar-refractivity contribution in [3.8, 4) is 0 Å². The van der Waals surface area contributed by atoms with Crippen LogP contribution in [0.4, 0.5) is 30.2 Å². The van der Waals surface area contributed by atoms with Crippen LogP contribution in [0.3, 0.4) is 0 Å². The van der Waals surface area contributed by atoms with Gasteiger partial charge in [-0.05, 0) is 12.1 Å². The van der Waals surface area contributed by atoms with Crippen LogP contribution in [0.5, 0.6) is 0 Å². The van der Waals surface area contributed by atoms with E-state index < -0.39 is 29.0 Å². The zero-order chi connectivity index (χ0) is 14.9. The lowest BCUT2D eigenvalue weighted by Crippen LogP contribution is -2.15. The lowest BCUT2D eigenvalue weighted by Gasteiger charge is -2.14. The molecule has 0 fully saturated rings. The van der Waals surface area contributed by atoms with Gasteiger partial charge in [0, 0.05) is 12.1 Å². The molecule has 20 heavy (non-hydrogen) atoms. The number of amides is 1. The van der Waals surface area contributed by atoms with Crippen molar-refractivity contribution in [2.24, 2.45) is 5.73 Å². The third-order valence-corrected chi connectivity index (χ3v) is 2.62. The maximum absolute atomic E-state index is 13.6. The zero-order valence-corrected chi connectivity index (χ0v) is 10.1. The standard InChI is InChI=1S/C13H10F3N3O/c14-6-4-8(15)12(9(16)5-6)19-11-7(13(18)20)2-1-3-10(11)17/h1-5,19H,17H2,(H2,18,20). The average molecular weight is 281 g/mol. The normalized spacial score (nSPS) is 10.3. The summed E-state index contributed by atoms with van der Waals surface area (Å²) in [6.07, 6.45) is 0. The second-order valence-corrected chi connectivity index (χ2v) is 4.00. The molecule has 0 aliphatic heterocycles. The fraction of sp³-hybridized carbons (Fsp3) is 0. The van der Waals surface area contributed by atoms with E-state index in [1.165, 1.54) is 18.2 Å². The van der Waals surface area contributed by atoms with Crippen LogP contribution in [0.2, 0.25) is 0 Å². The maximum Gasteiger partial charge on any atom is 0.250 e. The molecule has 0 radical (unpaired) electrons. The van der Waals surface area contributed by atoms with Crippen molar-refractivity contribution in [3.63, 3.8) is 0 Å². The third-order valence-electron chi connectivity index (χ3n) is 2.62. The summed E-state index contributed by atoms with van der Waals surface area (Å²) >= 11 is 0. The number of benzene rings is 2. The molecule has 7 heteroatoms. The Balaban J connectivity index is 2.53. The molecule has 104 valence electrons. The van der Waals surface area contributed by atoms with E-state index in [2.05, 4.69) is 5.32 Å². The monoisotopic (exact) mass is 281 g/mol. The zero-order valence-electron chi connectivity index (χ0n) is 10.1. The van der Waals surface area contributed by atoms with E-state index in [1.807, 2.05) is 0 Å². The number of para-hydroxylation sites is 1. The summed E-state index contributed by atoms with van der Waals surface area (Å²) in [5, 5.41) is 2.34. The number of nitrogens with one attached hydrogen (secondary N) is 1. The fourth-order valence-corrected chi connectivity index (χ4v) is 1.70. The Kier molecular flexibility index (Phi) is 3.51. The highest BCUT2D eigenvalue weighted by atomic mass is 19.1. The SMILES string of the molecule is NC(=O)c1cccc(N)c1Nc1c(F)cc(F)cc1F. The molecule has 0 heterocycles. The highest BCUT2D eigenvalue weighted by molar-refractivity contribution is 6.02. The number of carbonyl (C=O) groups is 1. The van der Waals surface area contributed by atoms with Gasteiger partial charge < -0.3 is 16.8 Å². The number of halogens is 3. The summed E-state index contributed by atoms with van der Waals surface area (Å²) in [5.41, 5.74) is 10.2. The molecule has 0 aliphatic carbocycles. The van der Waals surface area contributed by atoms with Gasteiger partial charge in [-0.2, -0.15) is 0 Å². The number of nitrogen functional groups attached to an aromatic ring is 1. The summed E-state index contributed by atoms with van der Waals surface area (Å²) in [6.45, 7) is 0. The van der Waals surface area contributed by atoms with E-state index in [0.717, 1.165) is 0 Å². The van der Waals surface area contributed by atoms with Crippen LogP contribution in [0.1, 0.15) is 10.4 Å². The Hall–Kier alpha value is -2.70. The molecule has 0 aliphatic rings. The molecule has 2 aromatic rings. The summed E-state index contributed by atoms with van der Waals surface area (Å²) in [5.74, 6) is -4.17. The number of nitrogens with two attached hydrogens (primary N) is 2. The molecule has 0 atom stereocenters. The van der Waals surface area contributed by atoms with Gasteiger partial charge in [-0.25, -0.2) is 13.2 Å². The summed E-state index contributed by atoms with van der Waals surface area (Å²) in [4.78, 5) is 11.3. The van der Waals surface area contributed by atoms with Gasteiger partial charge in [0.2, 0.25) is 0 Å². The highest BCUT2D eigenvalue weighted by Crippen LogP contribution is 2.30. The largest absolute Gasteiger partial charge is 0.397 e. The third kappa shape index (κ3) is 2.51. The van der Waals surface area contributed by atoms with Crippen LogP contribution in [-0.4, -0.2) is 5.91 Å². The van der Waals surface area contributed by atoms with Crippen molar-refractivity contribution in [3.05, 3.63) is 53.3 Å². The summed E-state index contributed by atoms with van der Waals surface area (Å²) in [6, 6.07) is 5.26. The quantitative estimate of drug-likeness (QED) is 0.756. The number of hydrogen-bond donors (Lipinski definition) is 3. The smallest absolute Gasteiger partial charge is 0.250 e. The van der Waals surface area contributed by atoms with Crippen molar-refractivity contribution < 1.29 is 18.0 Å². The van der Waals surface area contributed by atoms with Crippen molar-refractivity contribution in [2.45, 2.75) is 0 Å². The lowest BCUT2D eigenvalue weighted by atomic mass is 10.1. The molecule has 0 saturated carbocycles. The predicted octanol–water partition coefficient (Wildman–Crippen LogP) is 2.53. The Morgan fingerprint density at radius 2 is 1.65 bits per heavy atom. The number of carbonyl (C=O) groups excluding carboxylic acids is 1. The molecule has 0 saturated heterocycles. The average Bonchev–Trinajstić information content (AvgIpc) is 2.34. The summed E-state index contributed by atoms with van der Waals surface area (Å²) in [7, 11) is 0. The van der Waals surface area contributed by atoms with E-state index in [4.69, 9.17) is 11.5 Å². The Labute approximate surface area is 112 Å². The van der Waals surface area contributed by atoms with E-state index in [9.17, 15) is 18.0 Å². The van der Waals surface area contributed by atoms with Gasteiger partial charge >= 0.3 is 0 Å². The van der Waals surface area contributed by atoms with Gasteiger partial charge in [0.1, 0.15) is 11.5 Å². The molecular weight excluding hydrogens is 271 g/mol. The lowest BCUT2D eigenvalue weighted by molar-refractivity contribution is 0.100. The molecule has 5 N–H and O–H groups in total. The topological polar surface area (TPSA) is 81.1 Å². The molecule has 2 rings (SSSR count). The molecule has 4 nitrogen and oxygen atoms in total. The first-order valence-electron chi connectivity index (χ1n) is 5.50. The molecule has 0 spiro atoms. The van der Waals surface area contributed by atoms with Crippen molar-refractivity contribution >= 4 is 23.0 Å². The van der Waals surface area contributed by atoms with Crippen LogP contribution in [0.15, 0.2) is 30.3 Å². The van der Waals surface area contributed by atoms with Crippen molar-refractivity contribution in [1.82, 2.24) is 0 Å². The second-order valence-electron chi connectivity index (χ2n) is 4.00. The molecular formula is C13H10F3N3O. The Morgan fingerprint density at radius 1 is 1.05 bits per heavy atom. The van der Waals surface area contributed by atoms with Gasteiger partial charge in [-0.15, -0.1) is 0 Å². The number of hydrogen-bond acceptors (Lipinski definition) is 3. The number of primary amides is 1. The number of anilines is 3. The van der Waals surface area contributed by atoms with Gasteiger partial charge in [0.25, 0.3) is 5.91 Å². The first-order chi connectivity index (χ1) is 9.40. The van der Waals surface area contributed by atoms with Crippen LogP contribution < -0.4 is 16.8 Å². The van der Waals surface area contributed by atoms with Gasteiger partial charge in [-0.3, -0.25) is 4.79 Å². The summed E-state index contributed by atoms with van der Waals surface area (Å²) < 4.78 is 40.0. The van der Waals surface area contributed by atoms with E-state index >= 15 is 0 Å². The Morgan fingerprint density at radius 3 is 2.20 bits per heavy atom. The van der Waals surface area contributed by atoms with Crippen LogP contribution >= 0.6 is 0 Å². The van der Waals surface area contributed by atoms with Crippen LogP contribution in [-0.2, 0) is 0 Å². The van der Waals surface area contributed by atoms with Gasteiger partial charge in [0.15, 0.2) is 11.6 Å². The van der Waals surface area contributed by atoms with Crippen molar-refractivity contribution in [2.75, 3.05) is 11.1 Å². The molecule has 0 bridgehead atoms. The Bertz CT molecular complexity index is 666. The van der Waals surface area contributed by atoms with Gasteiger partial charge in [-0.1, -0.05) is 6.07 Å². The van der Waals surface area contributed by atoms with E-state index in [-0.39, 0.29) is 16.9 Å².